The number of likely N-dealkylation sites (N-methyl/N-ethyl adjacent to an activating group) is 1. The smallest absolute Gasteiger partial charge is 0.416 e. The summed E-state index contributed by atoms with van der Waals surface area (Å²) in [4.78, 5) is 15.1. The molecular formula is C24H27F3N2O2. The summed E-state index contributed by atoms with van der Waals surface area (Å²) >= 11 is 0. The van der Waals surface area contributed by atoms with Crippen LogP contribution >= 0.6 is 0 Å². The third-order valence-corrected chi connectivity index (χ3v) is 5.45. The minimum Gasteiger partial charge on any atom is -0.461 e. The Morgan fingerprint density at radius 3 is 2.26 bits per heavy atom. The summed E-state index contributed by atoms with van der Waals surface area (Å²) in [6, 6.07) is 12.7. The van der Waals surface area contributed by atoms with Crippen molar-refractivity contribution in [2.24, 2.45) is 0 Å². The number of halogens is 3. The zero-order chi connectivity index (χ0) is 22.6. The van der Waals surface area contributed by atoms with Crippen molar-refractivity contribution in [3.05, 3.63) is 59.8 Å². The van der Waals surface area contributed by atoms with E-state index in [1.54, 1.807) is 6.92 Å². The second kappa shape index (κ2) is 9.56. The van der Waals surface area contributed by atoms with Crippen molar-refractivity contribution >= 4 is 16.7 Å². The van der Waals surface area contributed by atoms with Crippen LogP contribution in [-0.4, -0.2) is 41.7 Å². The molecule has 166 valence electrons. The monoisotopic (exact) mass is 432 g/mol. The van der Waals surface area contributed by atoms with E-state index in [1.165, 1.54) is 6.07 Å². The van der Waals surface area contributed by atoms with E-state index in [2.05, 4.69) is 18.7 Å². The molecule has 2 aromatic carbocycles. The van der Waals surface area contributed by atoms with Gasteiger partial charge in [-0.15, -0.1) is 0 Å². The van der Waals surface area contributed by atoms with Gasteiger partial charge in [0.1, 0.15) is 5.69 Å². The number of fused-ring (bicyclic) bond motifs is 1. The number of alkyl halides is 3. The molecule has 3 aromatic rings. The maximum absolute atomic E-state index is 13.5. The van der Waals surface area contributed by atoms with Crippen LogP contribution in [0, 0.1) is 0 Å². The maximum atomic E-state index is 13.5. The number of aromatic nitrogens is 1. The van der Waals surface area contributed by atoms with Crippen LogP contribution in [0.4, 0.5) is 13.2 Å². The molecule has 0 saturated heterocycles. The first-order valence-electron chi connectivity index (χ1n) is 10.5. The molecule has 0 fully saturated rings. The van der Waals surface area contributed by atoms with Crippen molar-refractivity contribution in [3.8, 4) is 11.3 Å². The van der Waals surface area contributed by atoms with Gasteiger partial charge in [-0.1, -0.05) is 50.2 Å². The molecule has 0 atom stereocenters. The number of nitrogens with zero attached hydrogens (tertiary/aromatic N) is 2. The molecule has 1 heterocycles. The van der Waals surface area contributed by atoms with Crippen LogP contribution in [0.5, 0.6) is 0 Å². The first-order valence-corrected chi connectivity index (χ1v) is 10.5. The lowest BCUT2D eigenvalue weighted by atomic mass is 10.0. The fourth-order valence-corrected chi connectivity index (χ4v) is 3.86. The molecule has 0 spiro atoms. The Bertz CT molecular complexity index is 1040. The summed E-state index contributed by atoms with van der Waals surface area (Å²) in [5.74, 6) is -0.533. The van der Waals surface area contributed by atoms with E-state index in [0.717, 1.165) is 30.8 Å². The van der Waals surface area contributed by atoms with E-state index in [4.69, 9.17) is 4.74 Å². The summed E-state index contributed by atoms with van der Waals surface area (Å²) in [6.07, 6.45) is -4.48. The predicted octanol–water partition coefficient (Wildman–Crippen LogP) is 5.85. The molecule has 0 aliphatic heterocycles. The first-order chi connectivity index (χ1) is 14.8. The summed E-state index contributed by atoms with van der Waals surface area (Å²) in [5.41, 5.74) is 0.892. The molecule has 7 heteroatoms. The van der Waals surface area contributed by atoms with Crippen LogP contribution < -0.4 is 0 Å². The highest BCUT2D eigenvalue weighted by Gasteiger charge is 2.32. The second-order valence-corrected chi connectivity index (χ2v) is 7.22. The summed E-state index contributed by atoms with van der Waals surface area (Å²) in [6.45, 7) is 8.79. The van der Waals surface area contributed by atoms with Gasteiger partial charge in [-0.05, 0) is 37.7 Å². The molecule has 31 heavy (non-hydrogen) atoms. The van der Waals surface area contributed by atoms with Gasteiger partial charge in [-0.2, -0.15) is 13.2 Å². The molecule has 0 aliphatic rings. The van der Waals surface area contributed by atoms with Crippen LogP contribution in [0.1, 0.15) is 36.8 Å². The van der Waals surface area contributed by atoms with E-state index >= 15 is 0 Å². The molecule has 0 saturated carbocycles. The average Bonchev–Trinajstić information content (AvgIpc) is 3.08. The largest absolute Gasteiger partial charge is 0.461 e. The molecule has 3 rings (SSSR count). The van der Waals surface area contributed by atoms with Gasteiger partial charge < -0.3 is 14.2 Å². The van der Waals surface area contributed by atoms with Gasteiger partial charge in [0.2, 0.25) is 0 Å². The molecule has 0 aliphatic carbocycles. The van der Waals surface area contributed by atoms with Crippen molar-refractivity contribution in [2.75, 3.05) is 26.2 Å². The Morgan fingerprint density at radius 2 is 1.68 bits per heavy atom. The summed E-state index contributed by atoms with van der Waals surface area (Å²) < 4.78 is 47.5. The molecule has 0 N–H and O–H groups in total. The number of ether oxygens (including phenoxy) is 1. The highest BCUT2D eigenvalue weighted by Crippen LogP contribution is 2.39. The Balaban J connectivity index is 2.31. The number of carbonyl (C=O) groups is 1. The normalized spacial score (nSPS) is 12.0. The van der Waals surface area contributed by atoms with Crippen molar-refractivity contribution in [1.82, 2.24) is 9.47 Å². The highest BCUT2D eigenvalue weighted by molar-refractivity contribution is 6.09. The van der Waals surface area contributed by atoms with Crippen molar-refractivity contribution < 1.29 is 22.7 Å². The van der Waals surface area contributed by atoms with E-state index in [-0.39, 0.29) is 12.3 Å². The fourth-order valence-electron chi connectivity index (χ4n) is 3.86. The molecule has 0 bridgehead atoms. The maximum Gasteiger partial charge on any atom is 0.416 e. The number of hydrogen-bond acceptors (Lipinski definition) is 3. The van der Waals surface area contributed by atoms with Gasteiger partial charge in [0, 0.05) is 23.9 Å². The Morgan fingerprint density at radius 1 is 1.00 bits per heavy atom. The number of rotatable bonds is 8. The van der Waals surface area contributed by atoms with Crippen molar-refractivity contribution in [3.63, 3.8) is 0 Å². The van der Waals surface area contributed by atoms with Crippen LogP contribution in [-0.2, 0) is 17.5 Å². The fraction of sp³-hybridized carbons (Fsp3) is 0.375. The highest BCUT2D eigenvalue weighted by atomic mass is 19.4. The quantitative estimate of drug-likeness (QED) is 0.419. The summed E-state index contributed by atoms with van der Waals surface area (Å²) in [5, 5.41) is 0.855. The lowest BCUT2D eigenvalue weighted by Gasteiger charge is -2.20. The van der Waals surface area contributed by atoms with Crippen molar-refractivity contribution in [1.29, 1.82) is 0 Å². The predicted molar refractivity (Wildman–Crippen MR) is 116 cm³/mol. The van der Waals surface area contributed by atoms with E-state index in [0.29, 0.717) is 29.6 Å². The third kappa shape index (κ3) is 4.77. The van der Waals surface area contributed by atoms with Crippen LogP contribution in [0.3, 0.4) is 0 Å². The van der Waals surface area contributed by atoms with Crippen molar-refractivity contribution in [2.45, 2.75) is 33.5 Å². The molecule has 1 aromatic heterocycles. The molecule has 0 amide bonds. The van der Waals surface area contributed by atoms with Gasteiger partial charge in [0.25, 0.3) is 0 Å². The van der Waals surface area contributed by atoms with E-state index in [9.17, 15) is 18.0 Å². The number of carbonyl (C=O) groups excluding carboxylic acids is 1. The van der Waals surface area contributed by atoms with Gasteiger partial charge in [-0.25, -0.2) is 4.79 Å². The number of hydrogen-bond donors (Lipinski definition) is 0. The minimum absolute atomic E-state index is 0.183. The van der Waals surface area contributed by atoms with Crippen LogP contribution in [0.25, 0.3) is 22.0 Å². The molecule has 4 nitrogen and oxygen atoms in total. The molecule has 0 unspecified atom stereocenters. The lowest BCUT2D eigenvalue weighted by Crippen LogP contribution is -2.28. The standard InChI is InChI=1S/C24H27F3N2O2/c1-4-28(5-2)14-15-29-21(17-10-8-7-9-11-17)20-16-18(24(25,26)27)12-13-19(20)22(29)23(30)31-6-3/h7-13,16H,4-6,14-15H2,1-3H3. The minimum atomic E-state index is -4.48. The lowest BCUT2D eigenvalue weighted by molar-refractivity contribution is -0.137. The topological polar surface area (TPSA) is 34.5 Å². The Labute approximate surface area is 180 Å². The Kier molecular flexibility index (Phi) is 7.05. The molecular weight excluding hydrogens is 405 g/mol. The van der Waals surface area contributed by atoms with E-state index in [1.807, 2.05) is 34.9 Å². The van der Waals surface area contributed by atoms with E-state index < -0.39 is 17.7 Å². The van der Waals surface area contributed by atoms with Gasteiger partial charge in [-0.3, -0.25) is 0 Å². The summed E-state index contributed by atoms with van der Waals surface area (Å²) in [7, 11) is 0. The SMILES string of the molecule is CCOC(=O)c1c2ccc(C(F)(F)F)cc2c(-c2ccccc2)n1CCN(CC)CC. The second-order valence-electron chi connectivity index (χ2n) is 7.22. The average molecular weight is 432 g/mol. The third-order valence-electron chi connectivity index (χ3n) is 5.45. The van der Waals surface area contributed by atoms with Crippen LogP contribution in [0.15, 0.2) is 48.5 Å². The number of benzene rings is 2. The zero-order valence-corrected chi connectivity index (χ0v) is 18.0. The zero-order valence-electron chi connectivity index (χ0n) is 18.0. The van der Waals surface area contributed by atoms with Crippen LogP contribution in [0.2, 0.25) is 0 Å². The van der Waals surface area contributed by atoms with Gasteiger partial charge >= 0.3 is 12.1 Å². The molecule has 0 radical (unpaired) electrons. The Hall–Kier alpha value is -2.80. The van der Waals surface area contributed by atoms with Gasteiger partial charge in [0.15, 0.2) is 0 Å². The first kappa shape index (κ1) is 22.9. The number of esters is 1. The van der Waals surface area contributed by atoms with Gasteiger partial charge in [0.05, 0.1) is 17.9 Å².